The summed E-state index contributed by atoms with van der Waals surface area (Å²) < 4.78 is 5.22. The molecule has 1 heterocycles. The Balaban J connectivity index is 1.95. The number of hydrogen-bond acceptors (Lipinski definition) is 1. The first-order valence-corrected chi connectivity index (χ1v) is 2.95. The number of fused-ring (bicyclic) bond motifs is 1. The highest BCUT2D eigenvalue weighted by molar-refractivity contribution is 4.99. The Bertz CT molecular complexity index is 70.2. The molecule has 0 amide bonds. The van der Waals surface area contributed by atoms with E-state index in [2.05, 4.69) is 6.42 Å². The van der Waals surface area contributed by atoms with Crippen molar-refractivity contribution in [3.63, 3.8) is 0 Å². The summed E-state index contributed by atoms with van der Waals surface area (Å²) >= 11 is 0. The molecule has 1 saturated carbocycles. The van der Waals surface area contributed by atoms with Gasteiger partial charge in [0.25, 0.3) is 0 Å². The molecule has 1 saturated heterocycles. The second kappa shape index (κ2) is 1.22. The van der Waals surface area contributed by atoms with Crippen LogP contribution in [0.5, 0.6) is 0 Å². The summed E-state index contributed by atoms with van der Waals surface area (Å²) in [6.07, 6.45) is 7.44. The normalized spacial score (nSPS) is 48.0. The molecule has 0 aromatic heterocycles. The molecule has 1 nitrogen and oxygen atoms in total. The van der Waals surface area contributed by atoms with Crippen molar-refractivity contribution in [2.45, 2.75) is 31.5 Å². The fraction of sp³-hybridized carbons (Fsp3) is 0.833. The van der Waals surface area contributed by atoms with Crippen LogP contribution in [-0.4, -0.2) is 12.2 Å². The monoisotopic (exact) mass is 97.1 g/mol. The molecule has 0 aromatic carbocycles. The quantitative estimate of drug-likeness (QED) is 0.413. The topological polar surface area (TPSA) is 12.5 Å². The van der Waals surface area contributed by atoms with E-state index in [9.17, 15) is 0 Å². The highest BCUT2D eigenvalue weighted by atomic mass is 16.6. The smallest absolute Gasteiger partial charge is 0.0873 e. The van der Waals surface area contributed by atoms with Crippen molar-refractivity contribution in [2.75, 3.05) is 0 Å². The first kappa shape index (κ1) is 3.90. The molecule has 1 aliphatic heterocycles. The first-order chi connectivity index (χ1) is 3.47. The lowest BCUT2D eigenvalue weighted by molar-refractivity contribution is 0.384. The average Bonchev–Trinajstić information content (AvgIpc) is 2.41. The van der Waals surface area contributed by atoms with E-state index < -0.39 is 0 Å². The van der Waals surface area contributed by atoms with Crippen molar-refractivity contribution in [1.29, 1.82) is 0 Å². The lowest BCUT2D eigenvalue weighted by atomic mass is 10.0. The Morgan fingerprint density at radius 1 is 1.57 bits per heavy atom. The van der Waals surface area contributed by atoms with Gasteiger partial charge in [-0.05, 0) is 19.3 Å². The Hall–Kier alpha value is -0.0400. The molecule has 0 aromatic rings. The van der Waals surface area contributed by atoms with Gasteiger partial charge in [-0.15, -0.1) is 0 Å². The summed E-state index contributed by atoms with van der Waals surface area (Å²) in [4.78, 5) is 0. The third-order valence-electron chi connectivity index (χ3n) is 1.71. The van der Waals surface area contributed by atoms with E-state index >= 15 is 0 Å². The van der Waals surface area contributed by atoms with Crippen LogP contribution >= 0.6 is 0 Å². The predicted molar refractivity (Wildman–Crippen MR) is 26.8 cm³/mol. The number of epoxide rings is 1. The molecule has 0 spiro atoms. The van der Waals surface area contributed by atoms with Gasteiger partial charge in [0.2, 0.25) is 0 Å². The van der Waals surface area contributed by atoms with Crippen LogP contribution in [0.15, 0.2) is 0 Å². The molecule has 7 heavy (non-hydrogen) atoms. The number of hydrogen-bond donors (Lipinski definition) is 0. The maximum atomic E-state index is 5.22. The lowest BCUT2D eigenvalue weighted by Crippen LogP contribution is -2.01. The molecular formula is C6H9O. The summed E-state index contributed by atoms with van der Waals surface area (Å²) in [5.41, 5.74) is 0. The highest BCUT2D eigenvalue weighted by Gasteiger charge is 2.40. The molecule has 0 N–H and O–H groups in total. The van der Waals surface area contributed by atoms with E-state index in [1.54, 1.807) is 0 Å². The van der Waals surface area contributed by atoms with Crippen molar-refractivity contribution in [1.82, 2.24) is 0 Å². The highest BCUT2D eigenvalue weighted by Crippen LogP contribution is 2.35. The van der Waals surface area contributed by atoms with Crippen molar-refractivity contribution in [2.24, 2.45) is 0 Å². The molecular weight excluding hydrogens is 88.1 g/mol. The second-order valence-corrected chi connectivity index (χ2v) is 2.31. The zero-order valence-corrected chi connectivity index (χ0v) is 4.26. The molecule has 1 aliphatic carbocycles. The van der Waals surface area contributed by atoms with Gasteiger partial charge in [-0.1, -0.05) is 6.42 Å². The summed E-state index contributed by atoms with van der Waals surface area (Å²) in [6, 6.07) is 0. The van der Waals surface area contributed by atoms with Crippen LogP contribution in [0.4, 0.5) is 0 Å². The van der Waals surface area contributed by atoms with Crippen LogP contribution in [0.3, 0.4) is 0 Å². The van der Waals surface area contributed by atoms with Gasteiger partial charge >= 0.3 is 0 Å². The molecule has 39 valence electrons. The second-order valence-electron chi connectivity index (χ2n) is 2.31. The average molecular weight is 97.1 g/mol. The predicted octanol–water partition coefficient (Wildman–Crippen LogP) is 1.14. The van der Waals surface area contributed by atoms with Crippen molar-refractivity contribution in [3.05, 3.63) is 6.42 Å². The van der Waals surface area contributed by atoms with Gasteiger partial charge in [-0.2, -0.15) is 0 Å². The number of rotatable bonds is 0. The van der Waals surface area contributed by atoms with E-state index in [1.165, 1.54) is 19.3 Å². The van der Waals surface area contributed by atoms with Gasteiger partial charge in [0.05, 0.1) is 12.2 Å². The zero-order chi connectivity index (χ0) is 4.69. The Morgan fingerprint density at radius 2 is 2.57 bits per heavy atom. The Kier molecular flexibility index (Phi) is 0.680. The minimum atomic E-state index is 0.578. The zero-order valence-electron chi connectivity index (χ0n) is 4.26. The third-order valence-corrected chi connectivity index (χ3v) is 1.71. The van der Waals surface area contributed by atoms with Gasteiger partial charge in [-0.3, -0.25) is 0 Å². The standard InChI is InChI=1S/C6H9O/c1-2-4-6-5(3-1)7-6/h3,5-6H,1-2,4H2. The van der Waals surface area contributed by atoms with Crippen LogP contribution in [-0.2, 0) is 4.74 Å². The minimum absolute atomic E-state index is 0.578. The maximum absolute atomic E-state index is 5.22. The molecule has 2 unspecified atom stereocenters. The van der Waals surface area contributed by atoms with Crippen molar-refractivity contribution < 1.29 is 4.74 Å². The van der Waals surface area contributed by atoms with Crippen molar-refractivity contribution >= 4 is 0 Å². The van der Waals surface area contributed by atoms with Gasteiger partial charge in [0.1, 0.15) is 0 Å². The molecule has 2 fully saturated rings. The summed E-state index contributed by atoms with van der Waals surface area (Å²) in [5.74, 6) is 0. The Morgan fingerprint density at radius 3 is 3.14 bits per heavy atom. The molecule has 1 radical (unpaired) electrons. The lowest BCUT2D eigenvalue weighted by Gasteiger charge is -1.99. The SMILES string of the molecule is [CH]1CCCC2OC12. The summed E-state index contributed by atoms with van der Waals surface area (Å²) in [6.45, 7) is 0. The van der Waals surface area contributed by atoms with Gasteiger partial charge in [-0.25, -0.2) is 0 Å². The van der Waals surface area contributed by atoms with Crippen molar-refractivity contribution in [3.8, 4) is 0 Å². The Labute approximate surface area is 43.7 Å². The summed E-state index contributed by atoms with van der Waals surface area (Å²) in [7, 11) is 0. The summed E-state index contributed by atoms with van der Waals surface area (Å²) in [5, 5.41) is 0. The van der Waals surface area contributed by atoms with Crippen LogP contribution in [0.2, 0.25) is 0 Å². The molecule has 0 bridgehead atoms. The first-order valence-electron chi connectivity index (χ1n) is 2.95. The fourth-order valence-electron chi connectivity index (χ4n) is 1.20. The van der Waals surface area contributed by atoms with Crippen LogP contribution in [0.1, 0.15) is 19.3 Å². The molecule has 2 rings (SSSR count). The van der Waals surface area contributed by atoms with E-state index in [0.717, 1.165) is 0 Å². The fourth-order valence-corrected chi connectivity index (χ4v) is 1.20. The van der Waals surface area contributed by atoms with Crippen LogP contribution < -0.4 is 0 Å². The van der Waals surface area contributed by atoms with Gasteiger partial charge in [0.15, 0.2) is 0 Å². The van der Waals surface area contributed by atoms with Gasteiger partial charge < -0.3 is 4.74 Å². The van der Waals surface area contributed by atoms with E-state index in [1.807, 2.05) is 0 Å². The largest absolute Gasteiger partial charge is 0.369 e. The molecule has 1 heteroatoms. The number of ether oxygens (including phenoxy) is 1. The van der Waals surface area contributed by atoms with E-state index in [0.29, 0.717) is 12.2 Å². The van der Waals surface area contributed by atoms with E-state index in [4.69, 9.17) is 4.74 Å². The van der Waals surface area contributed by atoms with Crippen LogP contribution in [0, 0.1) is 6.42 Å². The van der Waals surface area contributed by atoms with Crippen LogP contribution in [0.25, 0.3) is 0 Å². The third kappa shape index (κ3) is 0.556. The van der Waals surface area contributed by atoms with E-state index in [-0.39, 0.29) is 0 Å². The molecule has 2 atom stereocenters. The molecule has 2 aliphatic rings. The minimum Gasteiger partial charge on any atom is -0.369 e. The maximum Gasteiger partial charge on any atom is 0.0873 e. The van der Waals surface area contributed by atoms with Gasteiger partial charge in [0, 0.05) is 0 Å².